The van der Waals surface area contributed by atoms with Crippen LogP contribution in [0.3, 0.4) is 0 Å². The zero-order chi connectivity index (χ0) is 26.5. The molecule has 0 spiro atoms. The Morgan fingerprint density at radius 2 is 0.750 bits per heavy atom. The summed E-state index contributed by atoms with van der Waals surface area (Å²) in [6.07, 6.45) is -1.44. The zero-order valence-electron chi connectivity index (χ0n) is 21.1. The molecule has 2 fully saturated rings. The Morgan fingerprint density at radius 3 is 1.07 bits per heavy atom. The van der Waals surface area contributed by atoms with Crippen molar-refractivity contribution in [2.75, 3.05) is 13.2 Å². The van der Waals surface area contributed by atoms with Crippen molar-refractivity contribution in [1.29, 1.82) is 0 Å². The first-order chi connectivity index (χ1) is 19.8. The first kappa shape index (κ1) is 24.3. The molecule has 0 bridgehead atoms. The van der Waals surface area contributed by atoms with Crippen molar-refractivity contribution in [2.24, 2.45) is 0 Å². The van der Waals surface area contributed by atoms with E-state index in [9.17, 15) is 0 Å². The highest BCUT2D eigenvalue weighted by Gasteiger charge is 2.50. The smallest absolute Gasteiger partial charge is 0.387 e. The minimum Gasteiger partial charge on any atom is -0.399 e. The molecule has 2 aliphatic heterocycles. The summed E-state index contributed by atoms with van der Waals surface area (Å²) in [5.74, 6) is 0. The summed E-state index contributed by atoms with van der Waals surface area (Å²) in [6.45, 7) is 0.657. The second-order valence-electron chi connectivity index (χ2n) is 9.68. The number of para-hydroxylation sites is 4. The van der Waals surface area contributed by atoms with Gasteiger partial charge in [0.2, 0.25) is 0 Å². The van der Waals surface area contributed by atoms with Gasteiger partial charge in [-0.1, -0.05) is 72.8 Å². The number of hydrogen-bond acceptors (Lipinski definition) is 8. The lowest BCUT2D eigenvalue weighted by atomic mass is 10.1. The third-order valence-electron chi connectivity index (χ3n) is 7.23. The molecule has 0 aliphatic carbocycles. The van der Waals surface area contributed by atoms with Gasteiger partial charge in [-0.2, -0.15) is 0 Å². The summed E-state index contributed by atoms with van der Waals surface area (Å²) in [6, 6.07) is 31.4. The highest BCUT2D eigenvalue weighted by atomic mass is 31.1. The summed E-state index contributed by atoms with van der Waals surface area (Å²) in [7, 11) is -3.49. The molecule has 0 saturated carbocycles. The average Bonchev–Trinajstić information content (AvgIpc) is 3.47. The molecule has 0 N–H and O–H groups in total. The Labute approximate surface area is 230 Å². The monoisotopic (exact) mass is 574 g/mol. The predicted molar refractivity (Wildman–Crippen MR) is 153 cm³/mol. The van der Waals surface area contributed by atoms with Gasteiger partial charge in [0.1, 0.15) is 46.7 Å². The fraction of sp³-hybridized carbons (Fsp3) is 0.200. The lowest BCUT2D eigenvalue weighted by Crippen LogP contribution is -2.35. The van der Waals surface area contributed by atoms with E-state index in [1.54, 1.807) is 0 Å². The van der Waals surface area contributed by atoms with Gasteiger partial charge in [0.15, 0.2) is 0 Å². The maximum Gasteiger partial charge on any atom is 0.387 e. The molecule has 2 saturated heterocycles. The summed E-state index contributed by atoms with van der Waals surface area (Å²) < 4.78 is 49.9. The van der Waals surface area contributed by atoms with E-state index in [-0.39, 0.29) is 24.4 Å². The molecule has 10 heteroatoms. The van der Waals surface area contributed by atoms with Crippen LogP contribution in [-0.4, -0.2) is 37.6 Å². The lowest BCUT2D eigenvalue weighted by Gasteiger charge is -2.15. The molecule has 8 nitrogen and oxygen atoms in total. The SMILES string of the molecule is c1ccc2c(c1)op(O[C@@H]1CO[C@H]3[C@@H]1OC[C@H]3Op1oc3ccccc3c3ccccc3o1)oc1ccccc12. The van der Waals surface area contributed by atoms with Crippen LogP contribution in [0.4, 0.5) is 0 Å². The van der Waals surface area contributed by atoms with Crippen molar-refractivity contribution in [3.8, 4) is 0 Å². The first-order valence-electron chi connectivity index (χ1n) is 13.1. The van der Waals surface area contributed by atoms with Gasteiger partial charge < -0.3 is 26.3 Å². The number of fused-ring (bicyclic) bond motifs is 7. The number of ether oxygens (including phenoxy) is 2. The molecule has 202 valence electrons. The van der Waals surface area contributed by atoms with E-state index in [2.05, 4.69) is 0 Å². The van der Waals surface area contributed by atoms with Crippen LogP contribution in [0.5, 0.6) is 0 Å². The zero-order valence-corrected chi connectivity index (χ0v) is 22.9. The van der Waals surface area contributed by atoms with Crippen molar-refractivity contribution in [1.82, 2.24) is 0 Å². The van der Waals surface area contributed by atoms with Crippen LogP contribution in [0.2, 0.25) is 0 Å². The quantitative estimate of drug-likeness (QED) is 0.209. The second kappa shape index (κ2) is 10.2. The van der Waals surface area contributed by atoms with Crippen LogP contribution < -0.4 is 9.05 Å². The summed E-state index contributed by atoms with van der Waals surface area (Å²) in [5, 5.41) is 3.86. The van der Waals surface area contributed by atoms with E-state index in [1.807, 2.05) is 97.1 Å². The van der Waals surface area contributed by atoms with E-state index in [4.69, 9.17) is 35.3 Å². The van der Waals surface area contributed by atoms with E-state index >= 15 is 0 Å². The van der Waals surface area contributed by atoms with Crippen LogP contribution in [0, 0.1) is 0 Å². The van der Waals surface area contributed by atoms with Gasteiger partial charge in [0.05, 0.1) is 13.2 Å². The van der Waals surface area contributed by atoms with E-state index < -0.39 is 16.5 Å². The summed E-state index contributed by atoms with van der Waals surface area (Å²) in [4.78, 5) is 0. The van der Waals surface area contributed by atoms with Gasteiger partial charge >= 0.3 is 16.5 Å². The molecule has 6 aromatic rings. The van der Waals surface area contributed by atoms with Crippen LogP contribution >= 0.6 is 16.5 Å². The third kappa shape index (κ3) is 4.34. The predicted octanol–water partition coefficient (Wildman–Crippen LogP) is 7.99. The first-order valence-corrected chi connectivity index (χ1v) is 15.2. The standard InChI is InChI=1S/C30H24O8P2/c1-5-13-23-19(9-1)20-10-2-6-14-24(20)34-39(33-23)37-27-17-31-30-28(18-32-29(27)30)38-40-35-25-15-7-3-11-21(25)22-12-4-8-16-26(22)36-40/h1-16,27-30H,17-18H2/t27-,28-,29-,30-/m1/s1. The molecule has 4 heterocycles. The highest BCUT2D eigenvalue weighted by Crippen LogP contribution is 2.40. The molecular formula is C30H24O8P2. The van der Waals surface area contributed by atoms with Crippen molar-refractivity contribution in [2.45, 2.75) is 24.4 Å². The Morgan fingerprint density at radius 1 is 0.450 bits per heavy atom. The van der Waals surface area contributed by atoms with Crippen LogP contribution in [-0.2, 0) is 9.47 Å². The topological polar surface area (TPSA) is 89.5 Å². The van der Waals surface area contributed by atoms with Gasteiger partial charge in [-0.15, -0.1) is 0 Å². The highest BCUT2D eigenvalue weighted by molar-refractivity contribution is 7.32. The fourth-order valence-corrected chi connectivity index (χ4v) is 7.68. The molecule has 2 aromatic heterocycles. The average molecular weight is 574 g/mol. The van der Waals surface area contributed by atoms with E-state index in [0.29, 0.717) is 35.5 Å². The number of hydrogen-bond donors (Lipinski definition) is 0. The minimum atomic E-state index is -1.74. The van der Waals surface area contributed by atoms with Crippen LogP contribution in [0.1, 0.15) is 0 Å². The normalized spacial score (nSPS) is 22.3. The Hall–Kier alpha value is -3.48. The van der Waals surface area contributed by atoms with E-state index in [0.717, 1.165) is 21.5 Å². The van der Waals surface area contributed by atoms with Crippen molar-refractivity contribution in [3.63, 3.8) is 0 Å². The van der Waals surface area contributed by atoms with Crippen LogP contribution in [0.15, 0.2) is 114 Å². The number of benzene rings is 4. The van der Waals surface area contributed by atoms with Crippen LogP contribution in [0.25, 0.3) is 43.9 Å². The maximum absolute atomic E-state index is 6.37. The molecule has 4 aromatic carbocycles. The molecule has 2 aliphatic rings. The molecule has 4 atom stereocenters. The lowest BCUT2D eigenvalue weighted by molar-refractivity contribution is 0.0401. The minimum absolute atomic E-state index is 0.329. The Balaban J connectivity index is 1.08. The summed E-state index contributed by atoms with van der Waals surface area (Å²) in [5.41, 5.74) is 2.87. The Bertz CT molecular complexity index is 1680. The number of rotatable bonds is 4. The van der Waals surface area contributed by atoms with E-state index in [1.165, 1.54) is 0 Å². The van der Waals surface area contributed by atoms with Gasteiger partial charge in [-0.3, -0.25) is 9.05 Å². The Kier molecular flexibility index (Phi) is 6.18. The van der Waals surface area contributed by atoms with Gasteiger partial charge in [-0.25, -0.2) is 0 Å². The molecule has 40 heavy (non-hydrogen) atoms. The molecule has 8 rings (SSSR count). The van der Waals surface area contributed by atoms with Gasteiger partial charge in [0.25, 0.3) is 0 Å². The van der Waals surface area contributed by atoms with Crippen molar-refractivity contribution < 1.29 is 35.3 Å². The van der Waals surface area contributed by atoms with Gasteiger partial charge in [-0.05, 0) is 24.3 Å². The molecule has 0 amide bonds. The maximum atomic E-state index is 6.37. The van der Waals surface area contributed by atoms with Crippen molar-refractivity contribution >= 4 is 60.4 Å². The largest absolute Gasteiger partial charge is 0.399 e. The summed E-state index contributed by atoms with van der Waals surface area (Å²) >= 11 is 0. The second-order valence-corrected chi connectivity index (χ2v) is 11.7. The molecule has 0 radical (unpaired) electrons. The molecular weight excluding hydrogens is 550 g/mol. The fourth-order valence-electron chi connectivity index (χ4n) is 5.35. The third-order valence-corrected chi connectivity index (χ3v) is 9.49. The van der Waals surface area contributed by atoms with Gasteiger partial charge in [0, 0.05) is 21.5 Å². The molecule has 0 unspecified atom stereocenters. The van der Waals surface area contributed by atoms with Crippen molar-refractivity contribution in [3.05, 3.63) is 97.1 Å².